The van der Waals surface area contributed by atoms with Gasteiger partial charge < -0.3 is 30.1 Å². The van der Waals surface area contributed by atoms with Gasteiger partial charge in [0.25, 0.3) is 12.0 Å². The quantitative estimate of drug-likeness (QED) is 0.204. The van der Waals surface area contributed by atoms with Crippen LogP contribution < -0.4 is 16.2 Å². The molecular weight excluding hydrogens is 516 g/mol. The maximum atomic E-state index is 9.95. The van der Waals surface area contributed by atoms with E-state index in [0.717, 1.165) is 38.4 Å². The van der Waals surface area contributed by atoms with Gasteiger partial charge >= 0.3 is 0 Å². The summed E-state index contributed by atoms with van der Waals surface area (Å²) in [6.45, 7) is 0.486. The van der Waals surface area contributed by atoms with Crippen LogP contribution in [0.2, 0.25) is 0 Å². The third kappa shape index (κ3) is 5.39. The first-order chi connectivity index (χ1) is 20.1. The number of oxazole rings is 2. The van der Waals surface area contributed by atoms with Gasteiger partial charge in [-0.2, -0.15) is 9.97 Å². The predicted molar refractivity (Wildman–Crippen MR) is 160 cm³/mol. The Morgan fingerprint density at radius 2 is 1.15 bits per heavy atom. The summed E-state index contributed by atoms with van der Waals surface area (Å²) in [6, 6.07) is 33.7. The van der Waals surface area contributed by atoms with Crippen LogP contribution in [0.3, 0.4) is 0 Å². The lowest BCUT2D eigenvalue weighted by molar-refractivity contribution is 0.308. The summed E-state index contributed by atoms with van der Waals surface area (Å²) in [5.41, 5.74) is 15.0. The van der Waals surface area contributed by atoms with Crippen LogP contribution in [0, 0.1) is 0 Å². The van der Waals surface area contributed by atoms with E-state index in [0.29, 0.717) is 23.6 Å². The fraction of sp³-hybridized carbons (Fsp3) is 0.0303. The molecule has 8 nitrogen and oxygen atoms in total. The number of aromatic nitrogens is 2. The van der Waals surface area contributed by atoms with Gasteiger partial charge in [0.05, 0.1) is 11.1 Å². The molecule has 5 N–H and O–H groups in total. The molecule has 41 heavy (non-hydrogen) atoms. The zero-order valence-corrected chi connectivity index (χ0v) is 21.9. The highest BCUT2D eigenvalue weighted by Gasteiger charge is 2.15. The molecule has 0 spiro atoms. The molecule has 0 saturated carbocycles. The maximum Gasteiger partial charge on any atom is 0.292 e. The summed E-state index contributed by atoms with van der Waals surface area (Å²) in [7, 11) is 0. The summed E-state index contributed by atoms with van der Waals surface area (Å²) >= 11 is 0. The van der Waals surface area contributed by atoms with Crippen molar-refractivity contribution in [1.29, 1.82) is 0 Å². The Balaban J connectivity index is 0.000000156. The van der Waals surface area contributed by atoms with Crippen LogP contribution in [0.15, 0.2) is 124 Å². The number of ether oxygens (including phenoxy) is 1. The highest BCUT2D eigenvalue weighted by Crippen LogP contribution is 2.38. The van der Waals surface area contributed by atoms with Gasteiger partial charge in [0, 0.05) is 0 Å². The molecule has 0 aliphatic rings. The van der Waals surface area contributed by atoms with E-state index in [-0.39, 0.29) is 17.8 Å². The van der Waals surface area contributed by atoms with Crippen LogP contribution in [-0.2, 0) is 6.61 Å². The number of nitrogen functional groups attached to an aromatic ring is 2. The zero-order valence-electron chi connectivity index (χ0n) is 21.9. The standard InChI is InChI=1S/C20H16N2O2.C13H10N2O2/c21-20-22-17(13-24-20)19-16-9-5-4-8-15(16)10-11-18(19)23-12-14-6-2-1-3-7-14;14-13-15-10(7-17-13)12-9-4-2-1-3-8(9)5-6-11(12)16/h1-11,13H,12H2,(H2,21,22);1-7,16H,(H2,14,15). The van der Waals surface area contributed by atoms with Gasteiger partial charge in [-0.3, -0.25) is 0 Å². The van der Waals surface area contributed by atoms with Crippen molar-refractivity contribution >= 4 is 33.6 Å². The predicted octanol–water partition coefficient (Wildman–Crippen LogP) is 7.44. The van der Waals surface area contributed by atoms with Crippen molar-refractivity contribution in [2.45, 2.75) is 6.61 Å². The van der Waals surface area contributed by atoms with Gasteiger partial charge in [0.2, 0.25) is 0 Å². The molecule has 0 fully saturated rings. The van der Waals surface area contributed by atoms with Crippen LogP contribution in [-0.4, -0.2) is 15.1 Å². The number of phenols is 1. The van der Waals surface area contributed by atoms with Crippen LogP contribution in [0.5, 0.6) is 11.5 Å². The molecule has 7 rings (SSSR count). The topological polar surface area (TPSA) is 134 Å². The van der Waals surface area contributed by atoms with Crippen molar-refractivity contribution < 1.29 is 18.7 Å². The fourth-order valence-electron chi connectivity index (χ4n) is 4.71. The SMILES string of the molecule is Nc1nc(-c2c(O)ccc3ccccc23)co1.Nc1nc(-c2c(OCc3ccccc3)ccc3ccccc23)co1. The molecule has 8 heteroatoms. The molecule has 0 atom stereocenters. The lowest BCUT2D eigenvalue weighted by Gasteiger charge is -2.13. The molecular formula is C33H26N4O4. The van der Waals surface area contributed by atoms with Gasteiger partial charge in [-0.1, -0.05) is 91.0 Å². The van der Waals surface area contributed by atoms with E-state index in [1.54, 1.807) is 12.3 Å². The first-order valence-electron chi connectivity index (χ1n) is 12.9. The van der Waals surface area contributed by atoms with Crippen LogP contribution >= 0.6 is 0 Å². The van der Waals surface area contributed by atoms with E-state index in [1.165, 1.54) is 6.26 Å². The number of nitrogens with zero attached hydrogens (tertiary/aromatic N) is 2. The molecule has 0 saturated heterocycles. The van der Waals surface area contributed by atoms with Gasteiger partial charge in [-0.25, -0.2) is 0 Å². The normalized spacial score (nSPS) is 10.8. The fourth-order valence-corrected chi connectivity index (χ4v) is 4.71. The highest BCUT2D eigenvalue weighted by molar-refractivity contribution is 5.99. The molecule has 2 aromatic heterocycles. The number of hydrogen-bond acceptors (Lipinski definition) is 8. The number of anilines is 2. The molecule has 202 valence electrons. The largest absolute Gasteiger partial charge is 0.507 e. The molecule has 2 heterocycles. The Kier molecular flexibility index (Phi) is 6.94. The first-order valence-corrected chi connectivity index (χ1v) is 12.9. The van der Waals surface area contributed by atoms with Crippen molar-refractivity contribution in [3.05, 3.63) is 121 Å². The minimum Gasteiger partial charge on any atom is -0.507 e. The number of aromatic hydroxyl groups is 1. The first kappa shape index (κ1) is 25.5. The van der Waals surface area contributed by atoms with Gasteiger partial charge in [0.15, 0.2) is 0 Å². The summed E-state index contributed by atoms with van der Waals surface area (Å²) in [4.78, 5) is 8.32. The van der Waals surface area contributed by atoms with Gasteiger partial charge in [-0.05, 0) is 39.2 Å². The summed E-state index contributed by atoms with van der Waals surface area (Å²) in [5.74, 6) is 0.919. The Hall–Kier alpha value is -5.76. The van der Waals surface area contributed by atoms with E-state index in [2.05, 4.69) is 16.0 Å². The Morgan fingerprint density at radius 1 is 0.610 bits per heavy atom. The molecule has 0 bridgehead atoms. The number of benzene rings is 5. The average Bonchev–Trinajstić information content (AvgIpc) is 3.64. The van der Waals surface area contributed by atoms with Crippen LogP contribution in [0.4, 0.5) is 12.0 Å². The Morgan fingerprint density at radius 3 is 1.76 bits per heavy atom. The number of fused-ring (bicyclic) bond motifs is 2. The van der Waals surface area contributed by atoms with E-state index in [1.807, 2.05) is 91.0 Å². The number of rotatable bonds is 5. The third-order valence-electron chi connectivity index (χ3n) is 6.59. The molecule has 0 aliphatic heterocycles. The van der Waals surface area contributed by atoms with E-state index >= 15 is 0 Å². The van der Waals surface area contributed by atoms with E-state index in [4.69, 9.17) is 25.0 Å². The van der Waals surface area contributed by atoms with Gasteiger partial charge in [0.1, 0.15) is 42.0 Å². The summed E-state index contributed by atoms with van der Waals surface area (Å²) in [5, 5.41) is 14.1. The molecule has 0 unspecified atom stereocenters. The average molecular weight is 543 g/mol. The Bertz CT molecular complexity index is 1950. The third-order valence-corrected chi connectivity index (χ3v) is 6.59. The van der Waals surface area contributed by atoms with Crippen molar-refractivity contribution in [2.24, 2.45) is 0 Å². The monoisotopic (exact) mass is 542 g/mol. The number of phenolic OH excluding ortho intramolecular Hbond substituents is 1. The zero-order chi connectivity index (χ0) is 28.2. The molecule has 0 amide bonds. The lowest BCUT2D eigenvalue weighted by Crippen LogP contribution is -1.97. The van der Waals surface area contributed by atoms with E-state index < -0.39 is 0 Å². The van der Waals surface area contributed by atoms with Crippen molar-refractivity contribution in [2.75, 3.05) is 11.5 Å². The minimum absolute atomic E-state index is 0.0901. The van der Waals surface area contributed by atoms with E-state index in [9.17, 15) is 5.11 Å². The second kappa shape index (κ2) is 11.2. The molecule has 5 aromatic carbocycles. The van der Waals surface area contributed by atoms with Crippen molar-refractivity contribution in [1.82, 2.24) is 9.97 Å². The van der Waals surface area contributed by atoms with Crippen LogP contribution in [0.1, 0.15) is 5.56 Å². The Labute approximate surface area is 235 Å². The smallest absolute Gasteiger partial charge is 0.292 e. The maximum absolute atomic E-state index is 9.95. The second-order valence-corrected chi connectivity index (χ2v) is 9.26. The molecule has 0 aliphatic carbocycles. The lowest BCUT2D eigenvalue weighted by atomic mass is 10.0. The highest BCUT2D eigenvalue weighted by atomic mass is 16.5. The molecule has 7 aromatic rings. The van der Waals surface area contributed by atoms with Crippen LogP contribution in [0.25, 0.3) is 44.1 Å². The number of nitrogens with two attached hydrogens (primary N) is 2. The summed E-state index contributed by atoms with van der Waals surface area (Å²) in [6.07, 6.45) is 3.00. The van der Waals surface area contributed by atoms with Crippen molar-refractivity contribution in [3.8, 4) is 34.0 Å². The summed E-state index contributed by atoms with van der Waals surface area (Å²) < 4.78 is 16.2. The number of hydrogen-bond donors (Lipinski definition) is 3. The second-order valence-electron chi connectivity index (χ2n) is 9.26. The van der Waals surface area contributed by atoms with Crippen molar-refractivity contribution in [3.63, 3.8) is 0 Å². The molecule has 0 radical (unpaired) electrons. The van der Waals surface area contributed by atoms with Gasteiger partial charge in [-0.15, -0.1) is 0 Å². The minimum atomic E-state index is 0.0901.